The molecular weight excluding hydrogens is 380 g/mol. The molecule has 2 aliphatic carbocycles. The van der Waals surface area contributed by atoms with Crippen LogP contribution in [0.15, 0.2) is 0 Å². The van der Waals surface area contributed by atoms with Crippen LogP contribution in [-0.2, 0) is 23.7 Å². The third-order valence-corrected chi connectivity index (χ3v) is 7.04. The first kappa shape index (κ1) is 26.1. The molecule has 2 heterocycles. The lowest BCUT2D eigenvalue weighted by atomic mass is 9.87. The monoisotopic (exact) mass is 432 g/mol. The highest BCUT2D eigenvalue weighted by Gasteiger charge is 2.40. The summed E-state index contributed by atoms with van der Waals surface area (Å²) in [5.74, 6) is 1.88. The Morgan fingerprint density at radius 1 is 0.700 bits per heavy atom. The average Bonchev–Trinajstić information content (AvgIpc) is 2.75. The second kappa shape index (κ2) is 12.7. The molecule has 1 spiro atoms. The summed E-state index contributed by atoms with van der Waals surface area (Å²) in [4.78, 5) is 0. The lowest BCUT2D eigenvalue weighted by Crippen LogP contribution is -2.51. The van der Waals surface area contributed by atoms with Crippen LogP contribution in [0.2, 0.25) is 0 Å². The molecule has 4 rings (SSSR count). The van der Waals surface area contributed by atoms with Crippen LogP contribution in [0.4, 0.5) is 0 Å². The Labute approximate surface area is 188 Å². The summed E-state index contributed by atoms with van der Waals surface area (Å²) >= 11 is 0. The van der Waals surface area contributed by atoms with Crippen LogP contribution in [-0.4, -0.2) is 51.2 Å². The maximum Gasteiger partial charge on any atom is 0.157 e. The van der Waals surface area contributed by atoms with Crippen molar-refractivity contribution < 1.29 is 26.5 Å². The molecule has 2 saturated carbocycles. The molecule has 4 fully saturated rings. The van der Waals surface area contributed by atoms with E-state index in [4.69, 9.17) is 23.7 Å². The van der Waals surface area contributed by atoms with Gasteiger partial charge in [-0.1, -0.05) is 28.2 Å². The molecule has 0 N–H and O–H groups in total. The van der Waals surface area contributed by atoms with Gasteiger partial charge in [-0.05, 0) is 76.5 Å². The third kappa shape index (κ3) is 8.05. The van der Waals surface area contributed by atoms with Crippen LogP contribution in [0.1, 0.15) is 95.8 Å². The van der Waals surface area contributed by atoms with Crippen molar-refractivity contribution in [3.05, 3.63) is 0 Å². The molecule has 2 aliphatic heterocycles. The molecular formula is C25H52O5. The zero-order valence-electron chi connectivity index (χ0n) is 19.2. The molecule has 0 bridgehead atoms. The van der Waals surface area contributed by atoms with E-state index in [0.29, 0.717) is 38.6 Å². The second-order valence-electron chi connectivity index (χ2n) is 10.0. The van der Waals surface area contributed by atoms with Gasteiger partial charge in [0.05, 0.1) is 44.1 Å². The zero-order chi connectivity index (χ0) is 20.7. The quantitative estimate of drug-likeness (QED) is 0.514. The van der Waals surface area contributed by atoms with Gasteiger partial charge < -0.3 is 23.7 Å². The summed E-state index contributed by atoms with van der Waals surface area (Å²) in [5, 5.41) is 0. The van der Waals surface area contributed by atoms with Gasteiger partial charge in [-0.25, -0.2) is 0 Å². The van der Waals surface area contributed by atoms with Gasteiger partial charge in [0.2, 0.25) is 0 Å². The summed E-state index contributed by atoms with van der Waals surface area (Å²) in [6.07, 6.45) is 12.7. The predicted molar refractivity (Wildman–Crippen MR) is 125 cm³/mol. The van der Waals surface area contributed by atoms with Crippen molar-refractivity contribution in [3.63, 3.8) is 0 Å². The minimum atomic E-state index is -0.0930. The van der Waals surface area contributed by atoms with E-state index >= 15 is 0 Å². The molecule has 0 aromatic carbocycles. The first-order valence-electron chi connectivity index (χ1n) is 12.1. The number of ether oxygens (including phenoxy) is 5. The number of hydrogen-bond donors (Lipinski definition) is 0. The first-order chi connectivity index (χ1) is 14.0. The molecule has 30 heavy (non-hydrogen) atoms. The summed E-state index contributed by atoms with van der Waals surface area (Å²) in [5.41, 5.74) is -0.0713. The largest absolute Gasteiger partial charge is 0.375 e. The highest BCUT2D eigenvalue weighted by molar-refractivity contribution is 4.83. The molecule has 0 radical (unpaired) electrons. The maximum absolute atomic E-state index is 6.23. The third-order valence-electron chi connectivity index (χ3n) is 7.04. The van der Waals surface area contributed by atoms with Crippen molar-refractivity contribution in [2.75, 3.05) is 26.4 Å². The summed E-state index contributed by atoms with van der Waals surface area (Å²) in [7, 11) is 0. The summed E-state index contributed by atoms with van der Waals surface area (Å²) < 4.78 is 28.3. The fraction of sp³-hybridized carbons (Fsp3) is 1.00. The van der Waals surface area contributed by atoms with E-state index in [1.807, 2.05) is 6.92 Å². The lowest BCUT2D eigenvalue weighted by molar-refractivity contribution is -0.298. The smallest absolute Gasteiger partial charge is 0.157 e. The van der Waals surface area contributed by atoms with Gasteiger partial charge in [-0.3, -0.25) is 0 Å². The van der Waals surface area contributed by atoms with Crippen LogP contribution in [0, 0.1) is 17.3 Å². The molecule has 0 atom stereocenters. The molecule has 4 aliphatic rings. The van der Waals surface area contributed by atoms with E-state index < -0.39 is 0 Å². The fourth-order valence-corrected chi connectivity index (χ4v) is 4.71. The molecule has 5 heteroatoms. The van der Waals surface area contributed by atoms with Gasteiger partial charge in [0.25, 0.3) is 0 Å². The predicted octanol–water partition coefficient (Wildman–Crippen LogP) is 6.44. The number of hydrogen-bond acceptors (Lipinski definition) is 5. The average molecular weight is 433 g/mol. The maximum atomic E-state index is 6.23. The number of rotatable bonds is 3. The highest BCUT2D eigenvalue weighted by Crippen LogP contribution is 2.32. The van der Waals surface area contributed by atoms with E-state index in [1.165, 1.54) is 51.4 Å². The van der Waals surface area contributed by atoms with Crippen LogP contribution in [0.3, 0.4) is 0 Å². The Morgan fingerprint density at radius 3 is 1.50 bits per heavy atom. The van der Waals surface area contributed by atoms with E-state index in [0.717, 1.165) is 18.3 Å². The molecule has 2 saturated heterocycles. The Hall–Kier alpha value is -0.200. The summed E-state index contributed by atoms with van der Waals surface area (Å²) in [6, 6.07) is 0. The van der Waals surface area contributed by atoms with E-state index in [1.54, 1.807) is 0 Å². The second-order valence-corrected chi connectivity index (χ2v) is 10.0. The highest BCUT2D eigenvalue weighted by atomic mass is 16.7. The van der Waals surface area contributed by atoms with Crippen molar-refractivity contribution >= 4 is 0 Å². The minimum absolute atomic E-state index is 0. The normalized spacial score (nSPS) is 42.0. The van der Waals surface area contributed by atoms with Crippen molar-refractivity contribution in [2.45, 2.75) is 118 Å². The van der Waals surface area contributed by atoms with Crippen molar-refractivity contribution in [1.29, 1.82) is 0 Å². The van der Waals surface area contributed by atoms with Gasteiger partial charge in [0.15, 0.2) is 12.6 Å². The minimum Gasteiger partial charge on any atom is -0.375 e. The SMILES string of the molecule is C.CC1CCC(OC2CCC(C)CC2)CC1.CCC1OCC2(COC(C)OC2)CO1.[HH].[HH]. The van der Waals surface area contributed by atoms with E-state index in [2.05, 4.69) is 20.8 Å². The van der Waals surface area contributed by atoms with Gasteiger partial charge in [-0.2, -0.15) is 0 Å². The Morgan fingerprint density at radius 2 is 1.10 bits per heavy atom. The van der Waals surface area contributed by atoms with Crippen LogP contribution in [0.5, 0.6) is 0 Å². The molecule has 0 aromatic rings. The Bertz CT molecular complexity index is 427. The fourth-order valence-electron chi connectivity index (χ4n) is 4.71. The van der Waals surface area contributed by atoms with Crippen LogP contribution >= 0.6 is 0 Å². The first-order valence-corrected chi connectivity index (χ1v) is 12.1. The van der Waals surface area contributed by atoms with Crippen molar-refractivity contribution in [2.24, 2.45) is 17.3 Å². The topological polar surface area (TPSA) is 46.2 Å². The Balaban J connectivity index is 0.000000550. The van der Waals surface area contributed by atoms with E-state index in [9.17, 15) is 0 Å². The van der Waals surface area contributed by atoms with Crippen LogP contribution in [0.25, 0.3) is 0 Å². The lowest BCUT2D eigenvalue weighted by Gasteiger charge is -2.43. The molecule has 0 amide bonds. The van der Waals surface area contributed by atoms with Gasteiger partial charge in [0, 0.05) is 2.85 Å². The molecule has 0 aromatic heterocycles. The van der Waals surface area contributed by atoms with E-state index in [-0.39, 0.29) is 28.3 Å². The molecule has 0 unspecified atom stereocenters. The van der Waals surface area contributed by atoms with Gasteiger partial charge >= 0.3 is 0 Å². The van der Waals surface area contributed by atoms with Crippen molar-refractivity contribution in [1.82, 2.24) is 0 Å². The molecule has 5 nitrogen and oxygen atoms in total. The van der Waals surface area contributed by atoms with Gasteiger partial charge in [0.1, 0.15) is 0 Å². The van der Waals surface area contributed by atoms with Crippen LogP contribution < -0.4 is 0 Å². The standard InChI is InChI=1S/C14H26O.C10H18O4.CH4.2H2/c1-11-3-7-13(8-4-11)15-14-9-5-12(2)6-10-14;1-3-9-13-6-10(7-14-9)4-11-8(2)12-5-10;;;/h11-14H,3-10H2,1-2H3;8-9H,3-7H2,1-2H3;1H4;2*1H. The summed E-state index contributed by atoms with van der Waals surface area (Å²) in [6.45, 7) is 11.4. The molecule has 182 valence electrons. The van der Waals surface area contributed by atoms with Crippen molar-refractivity contribution in [3.8, 4) is 0 Å². The zero-order valence-corrected chi connectivity index (χ0v) is 19.2. The van der Waals surface area contributed by atoms with Gasteiger partial charge in [-0.15, -0.1) is 0 Å². The Kier molecular flexibility index (Phi) is 11.1.